The maximum absolute atomic E-state index is 5.40. The third kappa shape index (κ3) is 1.78. The van der Waals surface area contributed by atoms with E-state index in [2.05, 4.69) is 33.8 Å². The Hall–Kier alpha value is -1.57. The molecule has 4 heteroatoms. The van der Waals surface area contributed by atoms with Gasteiger partial charge in [-0.1, -0.05) is 12.0 Å². The van der Waals surface area contributed by atoms with E-state index in [1.54, 1.807) is 11.3 Å². The zero-order valence-corrected chi connectivity index (χ0v) is 10.3. The smallest absolute Gasteiger partial charge is 0.107 e. The number of hydrogen-bond acceptors (Lipinski definition) is 3. The van der Waals surface area contributed by atoms with Crippen molar-refractivity contribution in [1.29, 1.82) is 0 Å². The number of rotatable bonds is 2. The molecule has 0 fully saturated rings. The van der Waals surface area contributed by atoms with Crippen molar-refractivity contribution < 1.29 is 0 Å². The summed E-state index contributed by atoms with van der Waals surface area (Å²) in [4.78, 5) is 1.22. The highest BCUT2D eigenvalue weighted by Gasteiger charge is 2.21. The Labute approximate surface area is 104 Å². The third-order valence-corrected chi connectivity index (χ3v) is 3.88. The van der Waals surface area contributed by atoms with Crippen LogP contribution in [0.1, 0.15) is 11.3 Å². The normalized spacial score (nSPS) is 14.3. The van der Waals surface area contributed by atoms with Gasteiger partial charge in [-0.3, -0.25) is 4.68 Å². The van der Waals surface area contributed by atoms with Crippen LogP contribution in [0, 0.1) is 12.3 Å². The number of nitrogens with zero attached hydrogens (tertiary/aromatic N) is 2. The molecule has 1 aliphatic heterocycles. The molecule has 1 aliphatic rings. The van der Waals surface area contributed by atoms with Crippen LogP contribution in [-0.4, -0.2) is 16.3 Å². The van der Waals surface area contributed by atoms with Crippen molar-refractivity contribution >= 4 is 11.3 Å². The molecule has 0 aliphatic carbocycles. The van der Waals surface area contributed by atoms with Crippen molar-refractivity contribution in [2.24, 2.45) is 0 Å². The van der Waals surface area contributed by atoms with E-state index in [9.17, 15) is 0 Å². The molecule has 2 aromatic rings. The Bertz CT molecular complexity index is 560. The second-order valence-electron chi connectivity index (χ2n) is 4.04. The molecular weight excluding hydrogens is 230 g/mol. The molecule has 3 rings (SSSR count). The average molecular weight is 243 g/mol. The Morgan fingerprint density at radius 2 is 2.53 bits per heavy atom. The zero-order chi connectivity index (χ0) is 11.7. The summed E-state index contributed by atoms with van der Waals surface area (Å²) in [6.07, 6.45) is 6.41. The minimum atomic E-state index is 0.563. The first-order chi connectivity index (χ1) is 8.40. The van der Waals surface area contributed by atoms with E-state index in [1.807, 2.05) is 4.68 Å². The Morgan fingerprint density at radius 3 is 3.29 bits per heavy atom. The molecule has 0 saturated heterocycles. The number of fused-ring (bicyclic) bond motifs is 1. The molecule has 2 aromatic heterocycles. The molecule has 86 valence electrons. The predicted octanol–water partition coefficient (Wildman–Crippen LogP) is 1.89. The van der Waals surface area contributed by atoms with Gasteiger partial charge in [-0.2, -0.15) is 5.10 Å². The standard InChI is InChI=1S/C13H13N3S/c1-2-7-16-11-5-6-14-9-10(11)13(15-16)12-4-3-8-17-12/h1,3-4,8,14H,5-7,9H2. The van der Waals surface area contributed by atoms with Crippen molar-refractivity contribution in [3.8, 4) is 22.9 Å². The first-order valence-electron chi connectivity index (χ1n) is 5.67. The molecule has 17 heavy (non-hydrogen) atoms. The molecular formula is C13H13N3S. The second-order valence-corrected chi connectivity index (χ2v) is 4.99. The molecule has 0 unspecified atom stereocenters. The van der Waals surface area contributed by atoms with E-state index in [4.69, 9.17) is 6.42 Å². The fourth-order valence-electron chi connectivity index (χ4n) is 2.25. The highest BCUT2D eigenvalue weighted by molar-refractivity contribution is 7.13. The van der Waals surface area contributed by atoms with Gasteiger partial charge < -0.3 is 5.32 Å². The largest absolute Gasteiger partial charge is 0.312 e. The third-order valence-electron chi connectivity index (χ3n) is 3.00. The molecule has 3 heterocycles. The van der Waals surface area contributed by atoms with Gasteiger partial charge in [0.05, 0.1) is 4.88 Å². The van der Waals surface area contributed by atoms with E-state index in [0.29, 0.717) is 6.54 Å². The summed E-state index contributed by atoms with van der Waals surface area (Å²) in [7, 11) is 0. The minimum absolute atomic E-state index is 0.563. The maximum Gasteiger partial charge on any atom is 0.107 e. The zero-order valence-electron chi connectivity index (χ0n) is 9.44. The topological polar surface area (TPSA) is 29.9 Å². The molecule has 3 nitrogen and oxygen atoms in total. The van der Waals surface area contributed by atoms with Gasteiger partial charge in [0.2, 0.25) is 0 Å². The van der Waals surface area contributed by atoms with Crippen LogP contribution < -0.4 is 5.32 Å². The monoisotopic (exact) mass is 243 g/mol. The van der Waals surface area contributed by atoms with E-state index in [0.717, 1.165) is 25.2 Å². The molecule has 0 amide bonds. The van der Waals surface area contributed by atoms with Crippen molar-refractivity contribution in [3.05, 3.63) is 28.8 Å². The summed E-state index contributed by atoms with van der Waals surface area (Å²) in [5, 5.41) is 10.1. The Kier molecular flexibility index (Phi) is 2.71. The molecule has 0 saturated carbocycles. The number of aromatic nitrogens is 2. The van der Waals surface area contributed by atoms with E-state index >= 15 is 0 Å². The lowest BCUT2D eigenvalue weighted by atomic mass is 10.1. The summed E-state index contributed by atoms with van der Waals surface area (Å²) in [5.74, 6) is 2.68. The fourth-order valence-corrected chi connectivity index (χ4v) is 2.98. The lowest BCUT2D eigenvalue weighted by Crippen LogP contribution is -2.24. The molecule has 0 radical (unpaired) electrons. The second kappa shape index (κ2) is 4.36. The summed E-state index contributed by atoms with van der Waals surface area (Å²) >= 11 is 1.72. The first-order valence-corrected chi connectivity index (χ1v) is 6.54. The number of nitrogens with one attached hydrogen (secondary N) is 1. The SMILES string of the molecule is C#CCn1nc(-c2cccs2)c2c1CCNC2. The van der Waals surface area contributed by atoms with Gasteiger partial charge in [-0.25, -0.2) is 0 Å². The van der Waals surface area contributed by atoms with Crippen molar-refractivity contribution in [2.75, 3.05) is 6.54 Å². The van der Waals surface area contributed by atoms with Gasteiger partial charge in [-0.15, -0.1) is 17.8 Å². The number of terminal acetylenes is 1. The highest BCUT2D eigenvalue weighted by atomic mass is 32.1. The van der Waals surface area contributed by atoms with Gasteiger partial charge in [0.25, 0.3) is 0 Å². The molecule has 0 spiro atoms. The van der Waals surface area contributed by atoms with Crippen LogP contribution >= 0.6 is 11.3 Å². The highest BCUT2D eigenvalue weighted by Crippen LogP contribution is 2.30. The van der Waals surface area contributed by atoms with Crippen LogP contribution in [0.3, 0.4) is 0 Å². The predicted molar refractivity (Wildman–Crippen MR) is 69.8 cm³/mol. The summed E-state index contributed by atoms with van der Waals surface area (Å²) in [5.41, 5.74) is 3.71. The van der Waals surface area contributed by atoms with Crippen LogP contribution in [0.15, 0.2) is 17.5 Å². The van der Waals surface area contributed by atoms with Crippen molar-refractivity contribution in [2.45, 2.75) is 19.5 Å². The van der Waals surface area contributed by atoms with Gasteiger partial charge >= 0.3 is 0 Å². The maximum atomic E-state index is 5.40. The van der Waals surface area contributed by atoms with Crippen LogP contribution in [0.5, 0.6) is 0 Å². The van der Waals surface area contributed by atoms with Crippen molar-refractivity contribution in [3.63, 3.8) is 0 Å². The summed E-state index contributed by atoms with van der Waals surface area (Å²) in [6.45, 7) is 2.47. The number of thiophene rings is 1. The summed E-state index contributed by atoms with van der Waals surface area (Å²) < 4.78 is 1.98. The number of hydrogen-bond donors (Lipinski definition) is 1. The van der Waals surface area contributed by atoms with E-state index in [1.165, 1.54) is 16.1 Å². The summed E-state index contributed by atoms with van der Waals surface area (Å²) in [6, 6.07) is 4.17. The van der Waals surface area contributed by atoms with Crippen molar-refractivity contribution in [1.82, 2.24) is 15.1 Å². The average Bonchev–Trinajstić information content (AvgIpc) is 2.97. The van der Waals surface area contributed by atoms with Gasteiger partial charge in [0, 0.05) is 30.8 Å². The molecule has 0 bridgehead atoms. The van der Waals surface area contributed by atoms with Gasteiger partial charge in [-0.05, 0) is 11.4 Å². The van der Waals surface area contributed by atoms with Crippen LogP contribution in [0.4, 0.5) is 0 Å². The first kappa shape index (κ1) is 10.6. The lowest BCUT2D eigenvalue weighted by Gasteiger charge is -2.14. The molecule has 0 aromatic carbocycles. The van der Waals surface area contributed by atoms with E-state index in [-0.39, 0.29) is 0 Å². The van der Waals surface area contributed by atoms with Gasteiger partial charge in [0.1, 0.15) is 12.2 Å². The minimum Gasteiger partial charge on any atom is -0.312 e. The van der Waals surface area contributed by atoms with Gasteiger partial charge in [0.15, 0.2) is 0 Å². The molecule has 1 N–H and O–H groups in total. The Balaban J connectivity index is 2.13. The van der Waals surface area contributed by atoms with Crippen LogP contribution in [0.25, 0.3) is 10.6 Å². The van der Waals surface area contributed by atoms with E-state index < -0.39 is 0 Å². The van der Waals surface area contributed by atoms with Crippen LogP contribution in [0.2, 0.25) is 0 Å². The Morgan fingerprint density at radius 1 is 1.59 bits per heavy atom. The fraction of sp³-hybridized carbons (Fsp3) is 0.308. The molecule has 0 atom stereocenters. The quantitative estimate of drug-likeness (QED) is 0.816. The van der Waals surface area contributed by atoms with Crippen LogP contribution in [-0.2, 0) is 19.5 Å². The lowest BCUT2D eigenvalue weighted by molar-refractivity contribution is 0.591.